The van der Waals surface area contributed by atoms with Crippen molar-refractivity contribution in [2.24, 2.45) is 0 Å². The lowest BCUT2D eigenvalue weighted by molar-refractivity contribution is 0.0727. The minimum Gasteiger partial charge on any atom is -0.448 e. The minimum atomic E-state index is -0.483. The van der Waals surface area contributed by atoms with Crippen LogP contribution in [0.2, 0.25) is 0 Å². The average Bonchev–Trinajstić information content (AvgIpc) is 3.19. The lowest BCUT2D eigenvalue weighted by Crippen LogP contribution is -2.41. The molecule has 1 aliphatic heterocycles. The smallest absolute Gasteiger partial charge is 0.276 e. The average molecular weight is 424 g/mol. The third kappa shape index (κ3) is 3.74. The normalized spacial score (nSPS) is 13.1. The van der Waals surface area contributed by atoms with Crippen LogP contribution in [0.4, 0.5) is 4.39 Å². The highest BCUT2D eigenvalue weighted by atomic mass is 19.1. The molecule has 0 atom stereocenters. The van der Waals surface area contributed by atoms with Gasteiger partial charge in [-0.25, -0.2) is 9.37 Å². The van der Waals surface area contributed by atoms with Crippen molar-refractivity contribution in [1.29, 1.82) is 0 Å². The van der Waals surface area contributed by atoms with Crippen molar-refractivity contribution in [2.75, 3.05) is 13.1 Å². The Kier molecular flexibility index (Phi) is 5.41. The summed E-state index contributed by atoms with van der Waals surface area (Å²) < 4.78 is 19.8. The number of fused-ring (bicyclic) bond motifs is 1. The van der Waals surface area contributed by atoms with E-state index >= 15 is 0 Å². The molecule has 0 unspecified atom stereocenters. The van der Waals surface area contributed by atoms with Gasteiger partial charge in [0.15, 0.2) is 12.1 Å². The lowest BCUT2D eigenvalue weighted by Gasteiger charge is -2.30. The van der Waals surface area contributed by atoms with Crippen LogP contribution in [0, 0.1) is 12.7 Å². The molecule has 4 rings (SSSR count). The first kappa shape index (κ1) is 20.5. The predicted octanol–water partition coefficient (Wildman–Crippen LogP) is 2.22. The number of hydrogen-bond donors (Lipinski definition) is 1. The molecule has 1 N–H and O–H groups in total. The Hall–Kier alpha value is -3.75. The van der Waals surface area contributed by atoms with Crippen molar-refractivity contribution in [2.45, 2.75) is 26.8 Å². The maximum Gasteiger partial charge on any atom is 0.276 e. The number of carbonyl (C=O) groups is 2. The van der Waals surface area contributed by atoms with E-state index in [1.165, 1.54) is 35.2 Å². The van der Waals surface area contributed by atoms with E-state index in [1.807, 2.05) is 0 Å². The fourth-order valence-corrected chi connectivity index (χ4v) is 3.77. The Morgan fingerprint density at radius 1 is 1.26 bits per heavy atom. The van der Waals surface area contributed by atoms with E-state index in [2.05, 4.69) is 10.3 Å². The highest BCUT2D eigenvalue weighted by Gasteiger charge is 2.30. The number of nitrogens with one attached hydrogen (secondary N) is 1. The molecule has 160 valence electrons. The quantitative estimate of drug-likeness (QED) is 0.693. The van der Waals surface area contributed by atoms with Crippen LogP contribution in [-0.4, -0.2) is 39.4 Å². The van der Waals surface area contributed by atoms with Gasteiger partial charge in [0.2, 0.25) is 0 Å². The van der Waals surface area contributed by atoms with Gasteiger partial charge in [-0.05, 0) is 55.7 Å². The molecule has 3 heterocycles. The van der Waals surface area contributed by atoms with E-state index in [9.17, 15) is 18.8 Å². The monoisotopic (exact) mass is 424 g/mol. The zero-order valence-corrected chi connectivity index (χ0v) is 17.1. The summed E-state index contributed by atoms with van der Waals surface area (Å²) in [6.07, 6.45) is 3.19. The Labute approximate surface area is 177 Å². The highest BCUT2D eigenvalue weighted by molar-refractivity contribution is 5.96. The van der Waals surface area contributed by atoms with Crippen LogP contribution in [0.3, 0.4) is 0 Å². The second-order valence-corrected chi connectivity index (χ2v) is 7.25. The maximum atomic E-state index is 13.4. The molecule has 1 aliphatic rings. The van der Waals surface area contributed by atoms with Crippen molar-refractivity contribution < 1.29 is 18.4 Å². The molecule has 1 aromatic carbocycles. The molecule has 0 radical (unpaired) electrons. The first-order chi connectivity index (χ1) is 14.9. The molecule has 9 heteroatoms. The van der Waals surface area contributed by atoms with Crippen LogP contribution in [0.15, 0.2) is 46.1 Å². The summed E-state index contributed by atoms with van der Waals surface area (Å²) in [4.78, 5) is 44.4. The van der Waals surface area contributed by atoms with E-state index < -0.39 is 17.3 Å². The third-order valence-electron chi connectivity index (χ3n) is 5.30. The number of rotatable bonds is 4. The van der Waals surface area contributed by atoms with E-state index in [4.69, 9.17) is 4.42 Å². The number of hydrogen-bond acceptors (Lipinski definition) is 5. The van der Waals surface area contributed by atoms with Crippen molar-refractivity contribution in [1.82, 2.24) is 19.8 Å². The Morgan fingerprint density at radius 3 is 2.65 bits per heavy atom. The summed E-state index contributed by atoms with van der Waals surface area (Å²) in [7, 11) is 0. The van der Waals surface area contributed by atoms with Gasteiger partial charge >= 0.3 is 0 Å². The number of aromatic nitrogens is 2. The van der Waals surface area contributed by atoms with Crippen molar-refractivity contribution in [3.63, 3.8) is 0 Å². The summed E-state index contributed by atoms with van der Waals surface area (Å²) in [5.74, 6) is -0.753. The molecule has 3 aromatic rings. The lowest BCUT2D eigenvalue weighted by atomic mass is 9.95. The molecule has 0 spiro atoms. The molecule has 31 heavy (non-hydrogen) atoms. The van der Waals surface area contributed by atoms with Crippen LogP contribution in [0.5, 0.6) is 0 Å². The molecule has 0 saturated heterocycles. The molecule has 0 saturated carbocycles. The van der Waals surface area contributed by atoms with Crippen LogP contribution >= 0.6 is 0 Å². The Bertz CT molecular complexity index is 1210. The van der Waals surface area contributed by atoms with Crippen LogP contribution < -0.4 is 10.9 Å². The minimum absolute atomic E-state index is 0.0494. The molecular formula is C22H21FN4O4. The predicted molar refractivity (Wildman–Crippen MR) is 110 cm³/mol. The van der Waals surface area contributed by atoms with Gasteiger partial charge in [0.1, 0.15) is 17.1 Å². The molecule has 0 fully saturated rings. The number of aryl methyl sites for hydroxylation is 1. The second-order valence-electron chi connectivity index (χ2n) is 7.25. The van der Waals surface area contributed by atoms with Gasteiger partial charge in [-0.2, -0.15) is 0 Å². The third-order valence-corrected chi connectivity index (χ3v) is 5.30. The maximum absolute atomic E-state index is 13.4. The summed E-state index contributed by atoms with van der Waals surface area (Å²) in [5, 5.41) is 2.69. The van der Waals surface area contributed by atoms with Gasteiger partial charge in [0.25, 0.3) is 17.4 Å². The fourth-order valence-electron chi connectivity index (χ4n) is 3.77. The van der Waals surface area contributed by atoms with Crippen molar-refractivity contribution >= 4 is 11.8 Å². The number of benzene rings is 1. The number of carbonyl (C=O) groups excluding carboxylic acids is 2. The van der Waals surface area contributed by atoms with Gasteiger partial charge in [-0.15, -0.1) is 0 Å². The van der Waals surface area contributed by atoms with Crippen molar-refractivity contribution in [3.8, 4) is 5.69 Å². The van der Waals surface area contributed by atoms with Crippen molar-refractivity contribution in [3.05, 3.63) is 81.2 Å². The van der Waals surface area contributed by atoms with Gasteiger partial charge < -0.3 is 14.6 Å². The summed E-state index contributed by atoms with van der Waals surface area (Å²) >= 11 is 0. The van der Waals surface area contributed by atoms with Crippen LogP contribution in [-0.2, 0) is 13.0 Å². The number of oxazole rings is 1. The van der Waals surface area contributed by atoms with Crippen LogP contribution in [0.1, 0.15) is 44.7 Å². The molecule has 0 aliphatic carbocycles. The first-order valence-corrected chi connectivity index (χ1v) is 9.91. The summed E-state index contributed by atoms with van der Waals surface area (Å²) in [6.45, 7) is 4.34. The van der Waals surface area contributed by atoms with E-state index in [0.717, 1.165) is 0 Å². The first-order valence-electron chi connectivity index (χ1n) is 9.91. The van der Waals surface area contributed by atoms with E-state index in [-0.39, 0.29) is 23.7 Å². The zero-order chi connectivity index (χ0) is 22.1. The number of pyridine rings is 1. The Balaban J connectivity index is 1.80. The summed E-state index contributed by atoms with van der Waals surface area (Å²) in [5.41, 5.74) is 1.52. The molecular weight excluding hydrogens is 403 g/mol. The zero-order valence-electron chi connectivity index (χ0n) is 17.1. The number of amides is 2. The molecule has 2 amide bonds. The SMILES string of the molecule is CCNC(=O)c1c2c(cn(-c3ccc(F)cc3)c1=O)CN(C(=O)c1ncoc1C)CC2. The molecule has 8 nitrogen and oxygen atoms in total. The van der Waals surface area contributed by atoms with Crippen LogP contribution in [0.25, 0.3) is 5.69 Å². The topological polar surface area (TPSA) is 97.4 Å². The Morgan fingerprint density at radius 2 is 2.00 bits per heavy atom. The van der Waals surface area contributed by atoms with Gasteiger partial charge in [0, 0.05) is 31.5 Å². The standard InChI is InChI=1S/C22H21FN4O4/c1-3-24-20(28)18-17-8-9-26(22(30)19-13(2)31-12-25-19)10-14(17)11-27(21(18)29)16-6-4-15(23)5-7-16/h4-7,11-12H,3,8-10H2,1-2H3,(H,24,28). The van der Waals surface area contributed by atoms with E-state index in [0.29, 0.717) is 42.1 Å². The van der Waals surface area contributed by atoms with Gasteiger partial charge in [-0.3, -0.25) is 19.0 Å². The fraction of sp³-hybridized carbons (Fsp3) is 0.273. The number of nitrogens with zero attached hydrogens (tertiary/aromatic N) is 3. The molecule has 2 aromatic heterocycles. The largest absolute Gasteiger partial charge is 0.448 e. The molecule has 0 bridgehead atoms. The van der Waals surface area contributed by atoms with E-state index in [1.54, 1.807) is 24.9 Å². The highest BCUT2D eigenvalue weighted by Crippen LogP contribution is 2.24. The van der Waals surface area contributed by atoms with Gasteiger partial charge in [0.05, 0.1) is 0 Å². The number of halogens is 1. The second kappa shape index (κ2) is 8.17. The van der Waals surface area contributed by atoms with Gasteiger partial charge in [-0.1, -0.05) is 0 Å². The summed E-state index contributed by atoms with van der Waals surface area (Å²) in [6, 6.07) is 5.43.